The van der Waals surface area contributed by atoms with E-state index in [0.29, 0.717) is 18.1 Å². The van der Waals surface area contributed by atoms with Crippen molar-refractivity contribution in [2.24, 2.45) is 5.73 Å². The zero-order chi connectivity index (χ0) is 13.2. The van der Waals surface area contributed by atoms with E-state index < -0.39 is 0 Å². The lowest BCUT2D eigenvalue weighted by Crippen LogP contribution is -2.48. The molecule has 2 unspecified atom stereocenters. The topological polar surface area (TPSA) is 38.5 Å². The Kier molecular flexibility index (Phi) is 3.76. The molecular formula is C16H24N2O. The number of fused-ring (bicyclic) bond motifs is 2. The van der Waals surface area contributed by atoms with E-state index in [1.807, 2.05) is 6.07 Å². The summed E-state index contributed by atoms with van der Waals surface area (Å²) >= 11 is 0. The number of para-hydroxylation sites is 1. The normalized spacial score (nSPS) is 30.5. The van der Waals surface area contributed by atoms with Gasteiger partial charge in [0.05, 0.1) is 0 Å². The summed E-state index contributed by atoms with van der Waals surface area (Å²) in [4.78, 5) is 2.63. The van der Waals surface area contributed by atoms with E-state index in [-0.39, 0.29) is 0 Å². The van der Waals surface area contributed by atoms with Gasteiger partial charge in [0.1, 0.15) is 12.4 Å². The summed E-state index contributed by atoms with van der Waals surface area (Å²) in [6.45, 7) is 3.92. The molecule has 2 atom stereocenters. The molecule has 1 aromatic carbocycles. The average molecular weight is 260 g/mol. The van der Waals surface area contributed by atoms with Crippen LogP contribution in [0.1, 0.15) is 31.2 Å². The molecule has 19 heavy (non-hydrogen) atoms. The van der Waals surface area contributed by atoms with Crippen molar-refractivity contribution < 1.29 is 4.74 Å². The molecule has 3 nitrogen and oxygen atoms in total. The number of nitrogens with two attached hydrogens (primary N) is 1. The fraction of sp³-hybridized carbons (Fsp3) is 0.625. The van der Waals surface area contributed by atoms with Crippen molar-refractivity contribution in [3.05, 3.63) is 29.8 Å². The van der Waals surface area contributed by atoms with Crippen LogP contribution in [0.4, 0.5) is 0 Å². The molecule has 0 saturated carbocycles. The minimum absolute atomic E-state index is 0.422. The van der Waals surface area contributed by atoms with Crippen LogP contribution in [0.3, 0.4) is 0 Å². The fourth-order valence-corrected chi connectivity index (χ4v) is 3.66. The predicted molar refractivity (Wildman–Crippen MR) is 77.4 cm³/mol. The van der Waals surface area contributed by atoms with Crippen LogP contribution in [0, 0.1) is 6.92 Å². The number of piperidine rings is 1. The first kappa shape index (κ1) is 12.9. The summed E-state index contributed by atoms with van der Waals surface area (Å²) in [5.74, 6) is 1.02. The summed E-state index contributed by atoms with van der Waals surface area (Å²) in [5, 5.41) is 0. The largest absolute Gasteiger partial charge is 0.492 e. The summed E-state index contributed by atoms with van der Waals surface area (Å²) in [7, 11) is 0. The molecular weight excluding hydrogens is 236 g/mol. The monoisotopic (exact) mass is 260 g/mol. The van der Waals surface area contributed by atoms with E-state index in [9.17, 15) is 0 Å². The van der Waals surface area contributed by atoms with Crippen molar-refractivity contribution in [2.75, 3.05) is 13.2 Å². The summed E-state index contributed by atoms with van der Waals surface area (Å²) in [6.07, 6.45) is 4.98. The van der Waals surface area contributed by atoms with Gasteiger partial charge >= 0.3 is 0 Å². The molecule has 2 heterocycles. The van der Waals surface area contributed by atoms with Crippen molar-refractivity contribution in [3.8, 4) is 5.75 Å². The van der Waals surface area contributed by atoms with Crippen molar-refractivity contribution in [3.63, 3.8) is 0 Å². The molecule has 2 N–H and O–H groups in total. The van der Waals surface area contributed by atoms with Gasteiger partial charge in [-0.1, -0.05) is 18.2 Å². The molecule has 2 aliphatic rings. The number of aryl methyl sites for hydroxylation is 1. The Balaban J connectivity index is 1.52. The molecule has 0 aromatic heterocycles. The van der Waals surface area contributed by atoms with Crippen LogP contribution in [-0.2, 0) is 0 Å². The summed E-state index contributed by atoms with van der Waals surface area (Å²) < 4.78 is 5.92. The SMILES string of the molecule is Cc1ccccc1OCCN1C2CCC1CC(N)C2. The zero-order valence-electron chi connectivity index (χ0n) is 11.7. The lowest BCUT2D eigenvalue weighted by atomic mass is 9.98. The highest BCUT2D eigenvalue weighted by molar-refractivity contribution is 5.31. The molecule has 2 aliphatic heterocycles. The van der Waals surface area contributed by atoms with Gasteiger partial charge in [-0.25, -0.2) is 0 Å². The van der Waals surface area contributed by atoms with E-state index >= 15 is 0 Å². The van der Waals surface area contributed by atoms with Gasteiger partial charge in [0, 0.05) is 24.7 Å². The summed E-state index contributed by atoms with van der Waals surface area (Å²) in [5.41, 5.74) is 7.31. The van der Waals surface area contributed by atoms with Gasteiger partial charge in [0.2, 0.25) is 0 Å². The third-order valence-corrected chi connectivity index (χ3v) is 4.62. The van der Waals surface area contributed by atoms with E-state index in [1.165, 1.54) is 31.2 Å². The fourth-order valence-electron chi connectivity index (χ4n) is 3.66. The Morgan fingerprint density at radius 1 is 1.21 bits per heavy atom. The van der Waals surface area contributed by atoms with E-state index in [4.69, 9.17) is 10.5 Å². The number of benzene rings is 1. The van der Waals surface area contributed by atoms with Crippen LogP contribution in [0.15, 0.2) is 24.3 Å². The Morgan fingerprint density at radius 2 is 1.89 bits per heavy atom. The second-order valence-electron chi connectivity index (χ2n) is 5.97. The minimum Gasteiger partial charge on any atom is -0.492 e. The highest BCUT2D eigenvalue weighted by Gasteiger charge is 2.39. The molecule has 0 aliphatic carbocycles. The Bertz CT molecular complexity index is 421. The molecule has 2 saturated heterocycles. The van der Waals surface area contributed by atoms with Gasteiger partial charge < -0.3 is 10.5 Å². The molecule has 0 radical (unpaired) electrons. The lowest BCUT2D eigenvalue weighted by molar-refractivity contribution is 0.106. The molecule has 1 aromatic rings. The number of nitrogens with zero attached hydrogens (tertiary/aromatic N) is 1. The maximum Gasteiger partial charge on any atom is 0.122 e. The highest BCUT2D eigenvalue weighted by Crippen LogP contribution is 2.34. The first-order valence-electron chi connectivity index (χ1n) is 7.44. The molecule has 3 rings (SSSR count). The number of rotatable bonds is 4. The Hall–Kier alpha value is -1.06. The van der Waals surface area contributed by atoms with Crippen molar-refractivity contribution >= 4 is 0 Å². The van der Waals surface area contributed by atoms with Gasteiger partial charge in [0.25, 0.3) is 0 Å². The Labute approximate surface area is 115 Å². The van der Waals surface area contributed by atoms with E-state index in [0.717, 1.165) is 18.9 Å². The number of hydrogen-bond acceptors (Lipinski definition) is 3. The third-order valence-electron chi connectivity index (χ3n) is 4.62. The lowest BCUT2D eigenvalue weighted by Gasteiger charge is -2.37. The van der Waals surface area contributed by atoms with E-state index in [1.54, 1.807) is 0 Å². The van der Waals surface area contributed by atoms with Gasteiger partial charge in [0.15, 0.2) is 0 Å². The standard InChI is InChI=1S/C16H24N2O/c1-12-4-2-3-5-16(12)19-9-8-18-14-6-7-15(18)11-13(17)10-14/h2-5,13-15H,6-11,17H2,1H3. The minimum atomic E-state index is 0.422. The second-order valence-corrected chi connectivity index (χ2v) is 5.97. The first-order chi connectivity index (χ1) is 9.24. The quantitative estimate of drug-likeness (QED) is 0.903. The smallest absolute Gasteiger partial charge is 0.122 e. The van der Waals surface area contributed by atoms with E-state index in [2.05, 4.69) is 30.0 Å². The number of ether oxygens (including phenoxy) is 1. The van der Waals surface area contributed by atoms with Crippen LogP contribution >= 0.6 is 0 Å². The molecule has 2 fully saturated rings. The second kappa shape index (κ2) is 5.51. The van der Waals surface area contributed by atoms with Crippen LogP contribution < -0.4 is 10.5 Å². The van der Waals surface area contributed by atoms with Crippen LogP contribution in [0.25, 0.3) is 0 Å². The predicted octanol–water partition coefficient (Wildman–Crippen LogP) is 2.33. The van der Waals surface area contributed by atoms with Crippen LogP contribution in [0.2, 0.25) is 0 Å². The molecule has 3 heteroatoms. The third kappa shape index (κ3) is 2.77. The molecule has 104 valence electrons. The summed E-state index contributed by atoms with van der Waals surface area (Å²) in [6, 6.07) is 10.1. The van der Waals surface area contributed by atoms with Gasteiger partial charge in [-0.05, 0) is 44.2 Å². The van der Waals surface area contributed by atoms with Crippen molar-refractivity contribution in [1.82, 2.24) is 4.90 Å². The Morgan fingerprint density at radius 3 is 2.58 bits per heavy atom. The van der Waals surface area contributed by atoms with Crippen molar-refractivity contribution in [1.29, 1.82) is 0 Å². The van der Waals surface area contributed by atoms with Gasteiger partial charge in [-0.2, -0.15) is 0 Å². The van der Waals surface area contributed by atoms with Crippen molar-refractivity contribution in [2.45, 2.75) is 50.7 Å². The molecule has 2 bridgehead atoms. The highest BCUT2D eigenvalue weighted by atomic mass is 16.5. The first-order valence-corrected chi connectivity index (χ1v) is 7.44. The average Bonchev–Trinajstić information content (AvgIpc) is 2.64. The maximum atomic E-state index is 6.10. The zero-order valence-corrected chi connectivity index (χ0v) is 11.7. The van der Waals surface area contributed by atoms with Crippen LogP contribution in [-0.4, -0.2) is 36.2 Å². The number of hydrogen-bond donors (Lipinski definition) is 1. The molecule has 0 spiro atoms. The maximum absolute atomic E-state index is 6.10. The van der Waals surface area contributed by atoms with Crippen LogP contribution in [0.5, 0.6) is 5.75 Å². The van der Waals surface area contributed by atoms with Gasteiger partial charge in [-0.3, -0.25) is 4.90 Å². The molecule has 0 amide bonds. The van der Waals surface area contributed by atoms with Gasteiger partial charge in [-0.15, -0.1) is 0 Å².